The van der Waals surface area contributed by atoms with Gasteiger partial charge in [-0.05, 0) is 6.42 Å². The van der Waals surface area contributed by atoms with Crippen molar-refractivity contribution in [2.75, 3.05) is 0 Å². The maximum Gasteiger partial charge on any atom is 0.253 e. The molecule has 84 valence electrons. The monoisotopic (exact) mass is 220 g/mol. The second-order valence-corrected chi connectivity index (χ2v) is 3.40. The van der Waals surface area contributed by atoms with E-state index in [-0.39, 0.29) is 12.1 Å². The van der Waals surface area contributed by atoms with Crippen molar-refractivity contribution < 1.29 is 4.52 Å². The highest BCUT2D eigenvalue weighted by molar-refractivity contribution is 4.90. The SMILES string of the molecule is CCCc1noc(Cn2cnccc2=O)n1. The van der Waals surface area contributed by atoms with Crippen molar-refractivity contribution in [1.82, 2.24) is 19.7 Å². The van der Waals surface area contributed by atoms with Crippen molar-refractivity contribution in [2.24, 2.45) is 0 Å². The van der Waals surface area contributed by atoms with Crippen LogP contribution >= 0.6 is 0 Å². The lowest BCUT2D eigenvalue weighted by Gasteiger charge is -1.98. The topological polar surface area (TPSA) is 73.8 Å². The van der Waals surface area contributed by atoms with Crippen molar-refractivity contribution in [3.8, 4) is 0 Å². The Balaban J connectivity index is 2.15. The molecule has 0 radical (unpaired) electrons. The van der Waals surface area contributed by atoms with Gasteiger partial charge in [0.05, 0.1) is 6.33 Å². The van der Waals surface area contributed by atoms with Crippen LogP contribution in [0, 0.1) is 0 Å². The molecule has 16 heavy (non-hydrogen) atoms. The number of nitrogens with zero attached hydrogens (tertiary/aromatic N) is 4. The van der Waals surface area contributed by atoms with E-state index in [0.29, 0.717) is 11.7 Å². The van der Waals surface area contributed by atoms with Gasteiger partial charge >= 0.3 is 0 Å². The fourth-order valence-corrected chi connectivity index (χ4v) is 1.32. The van der Waals surface area contributed by atoms with Crippen LogP contribution in [-0.4, -0.2) is 19.7 Å². The molecule has 2 heterocycles. The molecule has 0 bridgehead atoms. The number of aromatic nitrogens is 4. The molecule has 0 aromatic carbocycles. The van der Waals surface area contributed by atoms with Crippen LogP contribution in [0.4, 0.5) is 0 Å². The molecule has 0 atom stereocenters. The second kappa shape index (κ2) is 4.69. The van der Waals surface area contributed by atoms with E-state index in [1.165, 1.54) is 23.2 Å². The van der Waals surface area contributed by atoms with E-state index in [1.54, 1.807) is 0 Å². The zero-order chi connectivity index (χ0) is 11.4. The van der Waals surface area contributed by atoms with Crippen LogP contribution < -0.4 is 5.56 Å². The number of hydrogen-bond donors (Lipinski definition) is 0. The normalized spacial score (nSPS) is 10.6. The Morgan fingerprint density at radius 1 is 1.50 bits per heavy atom. The van der Waals surface area contributed by atoms with Crippen LogP contribution in [0.3, 0.4) is 0 Å². The Hall–Kier alpha value is -1.98. The standard InChI is InChI=1S/C10H12N4O2/c1-2-3-8-12-9(16-13-8)6-14-7-11-5-4-10(14)15/h4-5,7H,2-3,6H2,1H3. The molecule has 0 N–H and O–H groups in total. The molecule has 6 nitrogen and oxygen atoms in total. The van der Waals surface area contributed by atoms with Gasteiger partial charge < -0.3 is 4.52 Å². The average molecular weight is 220 g/mol. The van der Waals surface area contributed by atoms with Gasteiger partial charge in [-0.1, -0.05) is 12.1 Å². The van der Waals surface area contributed by atoms with E-state index < -0.39 is 0 Å². The largest absolute Gasteiger partial charge is 0.337 e. The number of rotatable bonds is 4. The van der Waals surface area contributed by atoms with Gasteiger partial charge in [-0.15, -0.1) is 0 Å². The fourth-order valence-electron chi connectivity index (χ4n) is 1.32. The summed E-state index contributed by atoms with van der Waals surface area (Å²) in [7, 11) is 0. The zero-order valence-electron chi connectivity index (χ0n) is 8.96. The van der Waals surface area contributed by atoms with E-state index in [2.05, 4.69) is 15.1 Å². The lowest BCUT2D eigenvalue weighted by Crippen LogP contribution is -2.19. The summed E-state index contributed by atoms with van der Waals surface area (Å²) in [6.07, 6.45) is 4.65. The van der Waals surface area contributed by atoms with Crippen molar-refractivity contribution in [3.05, 3.63) is 40.7 Å². The van der Waals surface area contributed by atoms with Gasteiger partial charge in [0.2, 0.25) is 5.89 Å². The van der Waals surface area contributed by atoms with E-state index in [1.807, 2.05) is 6.92 Å². The van der Waals surface area contributed by atoms with Crippen LogP contribution in [0.5, 0.6) is 0 Å². The third kappa shape index (κ3) is 2.33. The van der Waals surface area contributed by atoms with Gasteiger partial charge in [0.25, 0.3) is 5.56 Å². The molecule has 0 aliphatic heterocycles. The third-order valence-corrected chi connectivity index (χ3v) is 2.08. The van der Waals surface area contributed by atoms with E-state index in [9.17, 15) is 4.79 Å². The molecular weight excluding hydrogens is 208 g/mol. The molecule has 0 fully saturated rings. The van der Waals surface area contributed by atoms with Gasteiger partial charge in [0.15, 0.2) is 5.82 Å². The van der Waals surface area contributed by atoms with E-state index >= 15 is 0 Å². The van der Waals surface area contributed by atoms with Gasteiger partial charge in [0.1, 0.15) is 6.54 Å². The molecule has 6 heteroatoms. The lowest BCUT2D eigenvalue weighted by atomic mass is 10.3. The Kier molecular flexibility index (Phi) is 3.09. The molecule has 2 aromatic heterocycles. The van der Waals surface area contributed by atoms with Crippen LogP contribution in [0.2, 0.25) is 0 Å². The molecule has 0 aliphatic carbocycles. The summed E-state index contributed by atoms with van der Waals surface area (Å²) in [6.45, 7) is 2.31. The molecule has 0 saturated heterocycles. The minimum absolute atomic E-state index is 0.134. The summed E-state index contributed by atoms with van der Waals surface area (Å²) < 4.78 is 6.45. The van der Waals surface area contributed by atoms with Crippen molar-refractivity contribution in [1.29, 1.82) is 0 Å². The maximum atomic E-state index is 11.4. The third-order valence-electron chi connectivity index (χ3n) is 2.08. The minimum atomic E-state index is -0.134. The van der Waals surface area contributed by atoms with Crippen molar-refractivity contribution in [3.63, 3.8) is 0 Å². The summed E-state index contributed by atoms with van der Waals surface area (Å²) in [5.74, 6) is 1.10. The Labute approximate surface area is 91.9 Å². The summed E-state index contributed by atoms with van der Waals surface area (Å²) >= 11 is 0. The Morgan fingerprint density at radius 2 is 2.38 bits per heavy atom. The number of aryl methyl sites for hydroxylation is 1. The molecule has 0 saturated carbocycles. The first-order chi connectivity index (χ1) is 7.79. The summed E-state index contributed by atoms with van der Waals surface area (Å²) in [5, 5.41) is 3.81. The van der Waals surface area contributed by atoms with Crippen molar-refractivity contribution >= 4 is 0 Å². The van der Waals surface area contributed by atoms with Crippen LogP contribution in [0.15, 0.2) is 27.9 Å². The lowest BCUT2D eigenvalue weighted by molar-refractivity contribution is 0.364. The highest BCUT2D eigenvalue weighted by atomic mass is 16.5. The number of hydrogen-bond acceptors (Lipinski definition) is 5. The molecular formula is C10H12N4O2. The first-order valence-corrected chi connectivity index (χ1v) is 5.11. The Bertz CT molecular complexity index is 517. The highest BCUT2D eigenvalue weighted by Crippen LogP contribution is 2.00. The minimum Gasteiger partial charge on any atom is -0.337 e. The zero-order valence-corrected chi connectivity index (χ0v) is 8.96. The quantitative estimate of drug-likeness (QED) is 0.755. The first-order valence-electron chi connectivity index (χ1n) is 5.11. The molecule has 2 aromatic rings. The van der Waals surface area contributed by atoms with Gasteiger partial charge in [-0.2, -0.15) is 4.98 Å². The summed E-state index contributed by atoms with van der Waals surface area (Å²) in [6, 6.07) is 1.39. The predicted molar refractivity (Wildman–Crippen MR) is 55.9 cm³/mol. The fraction of sp³-hybridized carbons (Fsp3) is 0.400. The molecule has 0 spiro atoms. The van der Waals surface area contributed by atoms with Crippen LogP contribution in [-0.2, 0) is 13.0 Å². The maximum absolute atomic E-state index is 11.4. The van der Waals surface area contributed by atoms with Gasteiger partial charge in [0, 0.05) is 18.7 Å². The summed E-state index contributed by atoms with van der Waals surface area (Å²) in [5.41, 5.74) is -0.134. The van der Waals surface area contributed by atoms with Crippen LogP contribution in [0.25, 0.3) is 0 Å². The Morgan fingerprint density at radius 3 is 3.12 bits per heavy atom. The van der Waals surface area contributed by atoms with Gasteiger partial charge in [-0.25, -0.2) is 4.98 Å². The highest BCUT2D eigenvalue weighted by Gasteiger charge is 2.06. The molecule has 0 unspecified atom stereocenters. The molecule has 0 amide bonds. The van der Waals surface area contributed by atoms with Crippen LogP contribution in [0.1, 0.15) is 25.1 Å². The predicted octanol–water partition coefficient (Wildman–Crippen LogP) is 0.627. The average Bonchev–Trinajstić information content (AvgIpc) is 2.70. The van der Waals surface area contributed by atoms with Gasteiger partial charge in [-0.3, -0.25) is 9.36 Å². The second-order valence-electron chi connectivity index (χ2n) is 3.40. The molecule has 0 aliphatic rings. The molecule has 2 rings (SSSR count). The summed E-state index contributed by atoms with van der Waals surface area (Å²) in [4.78, 5) is 19.4. The van der Waals surface area contributed by atoms with E-state index in [4.69, 9.17) is 4.52 Å². The van der Waals surface area contributed by atoms with Crippen molar-refractivity contribution in [2.45, 2.75) is 26.3 Å². The van der Waals surface area contributed by atoms with E-state index in [0.717, 1.165) is 12.8 Å². The smallest absolute Gasteiger partial charge is 0.253 e. The first kappa shape index (κ1) is 10.5.